The third kappa shape index (κ3) is 3.19. The van der Waals surface area contributed by atoms with Gasteiger partial charge in [0.15, 0.2) is 5.78 Å². The van der Waals surface area contributed by atoms with Crippen molar-refractivity contribution in [3.05, 3.63) is 40.0 Å². The number of hydrogen-bond donors (Lipinski definition) is 0. The maximum absolute atomic E-state index is 12.4. The molecule has 1 atom stereocenters. The number of nitrogens with zero attached hydrogens (tertiary/aromatic N) is 3. The van der Waals surface area contributed by atoms with Gasteiger partial charge in [-0.05, 0) is 37.6 Å². The summed E-state index contributed by atoms with van der Waals surface area (Å²) in [5.74, 6) is 2.03. The highest BCUT2D eigenvalue weighted by Gasteiger charge is 2.28. The molecular weight excluding hydrogens is 294 g/mol. The van der Waals surface area contributed by atoms with Crippen LogP contribution in [0, 0.1) is 6.92 Å². The first-order chi connectivity index (χ1) is 10.7. The van der Waals surface area contributed by atoms with E-state index in [0.717, 1.165) is 48.0 Å². The highest BCUT2D eigenvalue weighted by molar-refractivity contribution is 7.12. The van der Waals surface area contributed by atoms with Gasteiger partial charge >= 0.3 is 0 Å². The molecule has 22 heavy (non-hydrogen) atoms. The zero-order valence-corrected chi connectivity index (χ0v) is 13.9. The Bertz CT molecular complexity index is 654. The average molecular weight is 315 g/mol. The molecule has 3 rings (SSSR count). The highest BCUT2D eigenvalue weighted by atomic mass is 32.1. The molecule has 4 nitrogen and oxygen atoms in total. The van der Waals surface area contributed by atoms with Crippen molar-refractivity contribution in [2.75, 3.05) is 11.4 Å². The van der Waals surface area contributed by atoms with E-state index in [2.05, 4.69) is 27.9 Å². The molecule has 0 amide bonds. The monoisotopic (exact) mass is 315 g/mol. The molecule has 0 saturated carbocycles. The number of hydrogen-bond acceptors (Lipinski definition) is 5. The first-order valence-electron chi connectivity index (χ1n) is 7.85. The largest absolute Gasteiger partial charge is 0.353 e. The fourth-order valence-electron chi connectivity index (χ4n) is 3.04. The van der Waals surface area contributed by atoms with E-state index >= 15 is 0 Å². The van der Waals surface area contributed by atoms with Crippen LogP contribution in [0.1, 0.15) is 47.4 Å². The minimum atomic E-state index is 0.244. The molecule has 1 fully saturated rings. The molecule has 1 unspecified atom stereocenters. The third-order valence-corrected chi connectivity index (χ3v) is 5.04. The van der Waals surface area contributed by atoms with Crippen LogP contribution in [0.5, 0.6) is 0 Å². The van der Waals surface area contributed by atoms with Crippen LogP contribution in [0.3, 0.4) is 0 Å². The maximum Gasteiger partial charge on any atom is 0.174 e. The number of Topliss-reactive ketones (excluding diaryl/α,β-unsaturated/α-hetero) is 1. The molecule has 2 aromatic rings. The number of carbonyl (C=O) groups excluding carboxylic acids is 1. The molecule has 1 aliphatic rings. The minimum absolute atomic E-state index is 0.244. The van der Waals surface area contributed by atoms with Crippen LogP contribution in [-0.2, 0) is 6.42 Å². The first-order valence-corrected chi connectivity index (χ1v) is 8.73. The standard InChI is InChI=1S/C17H21N3OS/c1-3-13-10-17(19-12(2)18-13)20-8-4-6-14(20)11-15(21)16-7-5-9-22-16/h5,7,9-10,14H,3-4,6,8,11H2,1-2H3. The van der Waals surface area contributed by atoms with Gasteiger partial charge in [-0.25, -0.2) is 9.97 Å². The van der Waals surface area contributed by atoms with Gasteiger partial charge in [0.25, 0.3) is 0 Å². The van der Waals surface area contributed by atoms with Gasteiger partial charge in [0.05, 0.1) is 4.88 Å². The maximum atomic E-state index is 12.4. The van der Waals surface area contributed by atoms with Crippen LogP contribution < -0.4 is 4.90 Å². The average Bonchev–Trinajstić information content (AvgIpc) is 3.17. The van der Waals surface area contributed by atoms with Gasteiger partial charge < -0.3 is 4.90 Å². The van der Waals surface area contributed by atoms with Gasteiger partial charge in [0.1, 0.15) is 11.6 Å². The first kappa shape index (κ1) is 15.2. The van der Waals surface area contributed by atoms with Gasteiger partial charge in [0, 0.05) is 30.8 Å². The van der Waals surface area contributed by atoms with Gasteiger partial charge in [0.2, 0.25) is 0 Å². The molecule has 1 aliphatic heterocycles. The molecule has 2 aromatic heterocycles. The Hall–Kier alpha value is -1.75. The number of aryl methyl sites for hydroxylation is 2. The fourth-order valence-corrected chi connectivity index (χ4v) is 3.72. The summed E-state index contributed by atoms with van der Waals surface area (Å²) in [4.78, 5) is 24.6. The van der Waals surface area contributed by atoms with Crippen molar-refractivity contribution in [2.45, 2.75) is 45.6 Å². The Kier molecular flexibility index (Phi) is 4.52. The Labute approximate surface area is 135 Å². The summed E-state index contributed by atoms with van der Waals surface area (Å²) in [6.07, 6.45) is 3.66. The Morgan fingerprint density at radius 2 is 2.32 bits per heavy atom. The normalized spacial score (nSPS) is 17.9. The van der Waals surface area contributed by atoms with Crippen molar-refractivity contribution in [2.24, 2.45) is 0 Å². The molecule has 0 aliphatic carbocycles. The Balaban J connectivity index is 1.78. The summed E-state index contributed by atoms with van der Waals surface area (Å²) < 4.78 is 0. The number of rotatable bonds is 5. The SMILES string of the molecule is CCc1cc(N2CCCC2CC(=O)c2cccs2)nc(C)n1. The van der Waals surface area contributed by atoms with Crippen molar-refractivity contribution in [3.8, 4) is 0 Å². The summed E-state index contributed by atoms with van der Waals surface area (Å²) in [5, 5.41) is 1.96. The van der Waals surface area contributed by atoms with E-state index in [9.17, 15) is 4.79 Å². The van der Waals surface area contributed by atoms with Crippen molar-refractivity contribution < 1.29 is 4.79 Å². The quantitative estimate of drug-likeness (QED) is 0.790. The molecule has 0 radical (unpaired) electrons. The lowest BCUT2D eigenvalue weighted by Gasteiger charge is -2.25. The van der Waals surface area contributed by atoms with Crippen LogP contribution in [0.25, 0.3) is 0 Å². The van der Waals surface area contributed by atoms with E-state index in [4.69, 9.17) is 0 Å². The van der Waals surface area contributed by atoms with E-state index in [1.165, 1.54) is 11.3 Å². The lowest BCUT2D eigenvalue weighted by Crippen LogP contribution is -2.32. The molecular formula is C17H21N3OS. The predicted octanol–water partition coefficient (Wildman–Crippen LogP) is 3.65. The second-order valence-corrected chi connectivity index (χ2v) is 6.66. The summed E-state index contributed by atoms with van der Waals surface area (Å²) >= 11 is 1.53. The second-order valence-electron chi connectivity index (χ2n) is 5.71. The van der Waals surface area contributed by atoms with Crippen molar-refractivity contribution in [3.63, 3.8) is 0 Å². The van der Waals surface area contributed by atoms with Crippen LogP contribution in [0.2, 0.25) is 0 Å². The van der Waals surface area contributed by atoms with Crippen molar-refractivity contribution >= 4 is 22.9 Å². The van der Waals surface area contributed by atoms with Gasteiger partial charge in [-0.3, -0.25) is 4.79 Å². The summed E-state index contributed by atoms with van der Waals surface area (Å²) in [7, 11) is 0. The van der Waals surface area contributed by atoms with Gasteiger partial charge in [-0.2, -0.15) is 0 Å². The van der Waals surface area contributed by atoms with E-state index < -0.39 is 0 Å². The smallest absolute Gasteiger partial charge is 0.174 e. The molecule has 5 heteroatoms. The van der Waals surface area contributed by atoms with Crippen molar-refractivity contribution in [1.29, 1.82) is 0 Å². The van der Waals surface area contributed by atoms with Crippen LogP contribution in [-0.4, -0.2) is 28.3 Å². The van der Waals surface area contributed by atoms with Crippen LogP contribution in [0.15, 0.2) is 23.6 Å². The van der Waals surface area contributed by atoms with E-state index in [-0.39, 0.29) is 11.8 Å². The number of carbonyl (C=O) groups is 1. The number of aromatic nitrogens is 2. The third-order valence-electron chi connectivity index (χ3n) is 4.13. The molecule has 3 heterocycles. The van der Waals surface area contributed by atoms with Crippen LogP contribution >= 0.6 is 11.3 Å². The van der Waals surface area contributed by atoms with Crippen molar-refractivity contribution in [1.82, 2.24) is 9.97 Å². The fraction of sp³-hybridized carbons (Fsp3) is 0.471. The van der Waals surface area contributed by atoms with E-state index in [0.29, 0.717) is 6.42 Å². The predicted molar refractivity (Wildman–Crippen MR) is 89.8 cm³/mol. The molecule has 0 N–H and O–H groups in total. The summed E-state index contributed by atoms with van der Waals surface area (Å²) in [6.45, 7) is 5.01. The zero-order valence-electron chi connectivity index (χ0n) is 13.1. The Morgan fingerprint density at radius 1 is 1.45 bits per heavy atom. The second kappa shape index (κ2) is 6.57. The molecule has 0 aromatic carbocycles. The lowest BCUT2D eigenvalue weighted by molar-refractivity contribution is 0.0978. The highest BCUT2D eigenvalue weighted by Crippen LogP contribution is 2.28. The van der Waals surface area contributed by atoms with Gasteiger partial charge in [-0.15, -0.1) is 11.3 Å². The summed E-state index contributed by atoms with van der Waals surface area (Å²) in [6, 6.07) is 6.18. The van der Waals surface area contributed by atoms with E-state index in [1.807, 2.05) is 24.4 Å². The number of anilines is 1. The summed E-state index contributed by atoms with van der Waals surface area (Å²) in [5.41, 5.74) is 1.07. The van der Waals surface area contributed by atoms with Crippen LogP contribution in [0.4, 0.5) is 5.82 Å². The van der Waals surface area contributed by atoms with Gasteiger partial charge in [-0.1, -0.05) is 13.0 Å². The molecule has 1 saturated heterocycles. The minimum Gasteiger partial charge on any atom is -0.353 e. The number of ketones is 1. The van der Waals surface area contributed by atoms with E-state index in [1.54, 1.807) is 0 Å². The zero-order chi connectivity index (χ0) is 15.5. The number of thiophene rings is 1. The Morgan fingerprint density at radius 3 is 3.05 bits per heavy atom. The topological polar surface area (TPSA) is 46.1 Å². The molecule has 0 spiro atoms. The lowest BCUT2D eigenvalue weighted by atomic mass is 10.1. The molecule has 116 valence electrons. The molecule has 0 bridgehead atoms.